The van der Waals surface area contributed by atoms with E-state index in [1.807, 2.05) is 25.1 Å². The van der Waals surface area contributed by atoms with Crippen LogP contribution in [0.1, 0.15) is 28.6 Å². The highest BCUT2D eigenvalue weighted by Crippen LogP contribution is 2.34. The first kappa shape index (κ1) is 12.5. The van der Waals surface area contributed by atoms with Gasteiger partial charge in [0.25, 0.3) is 0 Å². The highest BCUT2D eigenvalue weighted by atomic mass is 79.9. The first-order valence-corrected chi connectivity index (χ1v) is 7.12. The third kappa shape index (κ3) is 2.67. The maximum Gasteiger partial charge on any atom is 0.172 e. The van der Waals surface area contributed by atoms with Crippen LogP contribution in [-0.2, 0) is 0 Å². The number of thiophene rings is 1. The first-order chi connectivity index (χ1) is 8.11. The topological polar surface area (TPSA) is 17.1 Å². The SMILES string of the molecule is CCC(=O)c1ccc(-c2cc(C)ccc2Br)s1. The quantitative estimate of drug-likeness (QED) is 0.723. The fourth-order valence-corrected chi connectivity index (χ4v) is 3.27. The van der Waals surface area contributed by atoms with Crippen molar-refractivity contribution in [3.05, 3.63) is 45.2 Å². The molecule has 17 heavy (non-hydrogen) atoms. The third-order valence-electron chi connectivity index (χ3n) is 2.59. The Kier molecular flexibility index (Phi) is 3.79. The molecule has 0 aliphatic rings. The molecule has 0 aliphatic carbocycles. The van der Waals surface area contributed by atoms with E-state index in [4.69, 9.17) is 0 Å². The van der Waals surface area contributed by atoms with E-state index in [0.717, 1.165) is 19.8 Å². The van der Waals surface area contributed by atoms with Gasteiger partial charge in [0.1, 0.15) is 0 Å². The van der Waals surface area contributed by atoms with Gasteiger partial charge in [-0.05, 0) is 31.2 Å². The molecule has 2 aromatic rings. The summed E-state index contributed by atoms with van der Waals surface area (Å²) in [7, 11) is 0. The van der Waals surface area contributed by atoms with Gasteiger partial charge in [0.05, 0.1) is 4.88 Å². The van der Waals surface area contributed by atoms with Crippen LogP contribution in [0.3, 0.4) is 0 Å². The maximum atomic E-state index is 11.6. The van der Waals surface area contributed by atoms with Gasteiger partial charge in [-0.25, -0.2) is 0 Å². The van der Waals surface area contributed by atoms with E-state index in [9.17, 15) is 4.79 Å². The summed E-state index contributed by atoms with van der Waals surface area (Å²) in [6.07, 6.45) is 0.564. The Bertz CT molecular complexity index is 557. The monoisotopic (exact) mass is 308 g/mol. The minimum absolute atomic E-state index is 0.213. The number of benzene rings is 1. The molecule has 0 N–H and O–H groups in total. The van der Waals surface area contributed by atoms with Crippen molar-refractivity contribution in [3.8, 4) is 10.4 Å². The Morgan fingerprint density at radius 1 is 1.29 bits per heavy atom. The molecular weight excluding hydrogens is 296 g/mol. The van der Waals surface area contributed by atoms with Gasteiger partial charge < -0.3 is 0 Å². The zero-order chi connectivity index (χ0) is 12.4. The van der Waals surface area contributed by atoms with Gasteiger partial charge in [0.15, 0.2) is 5.78 Å². The van der Waals surface area contributed by atoms with E-state index in [-0.39, 0.29) is 5.78 Å². The predicted octanol–water partition coefficient (Wildman–Crippen LogP) is 5.08. The largest absolute Gasteiger partial charge is 0.293 e. The van der Waals surface area contributed by atoms with Crippen molar-refractivity contribution in [1.82, 2.24) is 0 Å². The molecule has 1 heterocycles. The minimum Gasteiger partial charge on any atom is -0.293 e. The number of halogens is 1. The lowest BCUT2D eigenvalue weighted by molar-refractivity contribution is 0.0992. The Balaban J connectivity index is 2.43. The average Bonchev–Trinajstić information content (AvgIpc) is 2.80. The van der Waals surface area contributed by atoms with E-state index >= 15 is 0 Å². The Labute approximate surface area is 114 Å². The lowest BCUT2D eigenvalue weighted by Crippen LogP contribution is -1.90. The van der Waals surface area contributed by atoms with Crippen molar-refractivity contribution in [2.45, 2.75) is 20.3 Å². The Hall–Kier alpha value is -0.930. The molecule has 0 bridgehead atoms. The van der Waals surface area contributed by atoms with Gasteiger partial charge in [-0.15, -0.1) is 11.3 Å². The van der Waals surface area contributed by atoms with Crippen molar-refractivity contribution in [2.75, 3.05) is 0 Å². The van der Waals surface area contributed by atoms with E-state index in [2.05, 4.69) is 35.0 Å². The number of rotatable bonds is 3. The van der Waals surface area contributed by atoms with E-state index in [1.54, 1.807) is 11.3 Å². The van der Waals surface area contributed by atoms with E-state index in [1.165, 1.54) is 5.56 Å². The van der Waals surface area contributed by atoms with Gasteiger partial charge in [-0.3, -0.25) is 4.79 Å². The summed E-state index contributed by atoms with van der Waals surface area (Å²) in [5.41, 5.74) is 2.38. The number of carbonyl (C=O) groups is 1. The molecule has 0 amide bonds. The molecule has 2 rings (SSSR count). The zero-order valence-corrected chi connectivity index (χ0v) is 12.2. The molecule has 0 spiro atoms. The zero-order valence-electron chi connectivity index (χ0n) is 9.79. The number of hydrogen-bond donors (Lipinski definition) is 0. The maximum absolute atomic E-state index is 11.6. The van der Waals surface area contributed by atoms with Crippen LogP contribution in [0.25, 0.3) is 10.4 Å². The summed E-state index contributed by atoms with van der Waals surface area (Å²) in [5.74, 6) is 0.213. The van der Waals surface area contributed by atoms with Gasteiger partial charge in [0.2, 0.25) is 0 Å². The number of ketones is 1. The summed E-state index contributed by atoms with van der Waals surface area (Å²) in [4.78, 5) is 13.6. The second-order valence-corrected chi connectivity index (χ2v) is 5.86. The lowest BCUT2D eigenvalue weighted by Gasteiger charge is -2.02. The average molecular weight is 309 g/mol. The van der Waals surface area contributed by atoms with Crippen LogP contribution < -0.4 is 0 Å². The molecule has 0 aliphatic heterocycles. The number of hydrogen-bond acceptors (Lipinski definition) is 2. The summed E-state index contributed by atoms with van der Waals surface area (Å²) < 4.78 is 1.07. The molecule has 0 saturated heterocycles. The van der Waals surface area contributed by atoms with Crippen LogP contribution in [0.5, 0.6) is 0 Å². The second-order valence-electron chi connectivity index (χ2n) is 3.92. The fraction of sp³-hybridized carbons (Fsp3) is 0.214. The molecule has 0 unspecified atom stereocenters. The van der Waals surface area contributed by atoms with E-state index in [0.29, 0.717) is 6.42 Å². The van der Waals surface area contributed by atoms with Crippen molar-refractivity contribution in [2.24, 2.45) is 0 Å². The molecular formula is C14H13BrOS. The summed E-state index contributed by atoms with van der Waals surface area (Å²) >= 11 is 5.11. The first-order valence-electron chi connectivity index (χ1n) is 5.51. The van der Waals surface area contributed by atoms with Crippen molar-refractivity contribution in [3.63, 3.8) is 0 Å². The molecule has 0 saturated carbocycles. The van der Waals surface area contributed by atoms with Crippen molar-refractivity contribution >= 4 is 33.0 Å². The second kappa shape index (κ2) is 5.15. The van der Waals surface area contributed by atoms with Crippen LogP contribution in [0.15, 0.2) is 34.8 Å². The van der Waals surface area contributed by atoms with Crippen molar-refractivity contribution in [1.29, 1.82) is 0 Å². The highest BCUT2D eigenvalue weighted by molar-refractivity contribution is 9.10. The summed E-state index contributed by atoms with van der Waals surface area (Å²) in [6.45, 7) is 3.96. The van der Waals surface area contributed by atoms with Crippen LogP contribution in [0, 0.1) is 6.92 Å². The molecule has 0 radical (unpaired) electrons. The molecule has 1 aromatic carbocycles. The van der Waals surface area contributed by atoms with Crippen molar-refractivity contribution < 1.29 is 4.79 Å². The van der Waals surface area contributed by atoms with Crippen LogP contribution in [0.4, 0.5) is 0 Å². The van der Waals surface area contributed by atoms with Gasteiger partial charge in [0, 0.05) is 21.3 Å². The number of carbonyl (C=O) groups excluding carboxylic acids is 1. The highest BCUT2D eigenvalue weighted by Gasteiger charge is 2.10. The Morgan fingerprint density at radius 2 is 2.06 bits per heavy atom. The normalized spacial score (nSPS) is 10.5. The fourth-order valence-electron chi connectivity index (χ4n) is 1.63. The van der Waals surface area contributed by atoms with E-state index < -0.39 is 0 Å². The third-order valence-corrected chi connectivity index (χ3v) is 4.44. The van der Waals surface area contributed by atoms with Crippen LogP contribution in [0.2, 0.25) is 0 Å². The van der Waals surface area contributed by atoms with Crippen LogP contribution >= 0.6 is 27.3 Å². The molecule has 0 fully saturated rings. The van der Waals surface area contributed by atoms with Gasteiger partial charge in [-0.2, -0.15) is 0 Å². The minimum atomic E-state index is 0.213. The Morgan fingerprint density at radius 3 is 2.76 bits per heavy atom. The molecule has 0 atom stereocenters. The molecule has 1 aromatic heterocycles. The molecule has 1 nitrogen and oxygen atoms in total. The summed E-state index contributed by atoms with van der Waals surface area (Å²) in [5, 5.41) is 0. The summed E-state index contributed by atoms with van der Waals surface area (Å²) in [6, 6.07) is 10.2. The predicted molar refractivity (Wildman–Crippen MR) is 76.8 cm³/mol. The number of Topliss-reactive ketones (excluding diaryl/α,β-unsaturated/α-hetero) is 1. The molecule has 3 heteroatoms. The standard InChI is InChI=1S/C14H13BrOS/c1-3-12(16)14-7-6-13(17-14)10-8-9(2)4-5-11(10)15/h4-8H,3H2,1-2H3. The number of aryl methyl sites for hydroxylation is 1. The smallest absolute Gasteiger partial charge is 0.172 e. The lowest BCUT2D eigenvalue weighted by atomic mass is 10.1. The van der Waals surface area contributed by atoms with Crippen LogP contribution in [-0.4, -0.2) is 5.78 Å². The molecule has 88 valence electrons. The van der Waals surface area contributed by atoms with Gasteiger partial charge in [-0.1, -0.05) is 34.5 Å². The van der Waals surface area contributed by atoms with Gasteiger partial charge >= 0.3 is 0 Å².